The van der Waals surface area contributed by atoms with Gasteiger partial charge in [-0.15, -0.1) is 0 Å². The van der Waals surface area contributed by atoms with E-state index in [9.17, 15) is 0 Å². The van der Waals surface area contributed by atoms with E-state index in [2.05, 4.69) is 28.7 Å². The first kappa shape index (κ1) is 9.97. The van der Waals surface area contributed by atoms with E-state index in [0.29, 0.717) is 0 Å². The fraction of sp³-hybridized carbons (Fsp3) is 0.818. The van der Waals surface area contributed by atoms with Crippen molar-refractivity contribution in [3.63, 3.8) is 0 Å². The molecule has 0 radical (unpaired) electrons. The molecule has 1 aliphatic heterocycles. The zero-order valence-corrected chi connectivity index (χ0v) is 8.92. The molecule has 1 aliphatic carbocycles. The van der Waals surface area contributed by atoms with Gasteiger partial charge in [-0.05, 0) is 19.9 Å². The fourth-order valence-electron chi connectivity index (χ4n) is 1.59. The SMILES string of the molecule is CN1CCN(CC#CC2(N)CC2)CC1. The Bertz CT molecular complexity index is 251. The van der Waals surface area contributed by atoms with Crippen LogP contribution in [0.4, 0.5) is 0 Å². The molecule has 0 amide bonds. The lowest BCUT2D eigenvalue weighted by Gasteiger charge is -2.30. The highest BCUT2D eigenvalue weighted by Gasteiger charge is 2.36. The van der Waals surface area contributed by atoms with Crippen LogP contribution >= 0.6 is 0 Å². The lowest BCUT2D eigenvalue weighted by atomic mass is 10.3. The molecule has 0 aromatic carbocycles. The Morgan fingerprint density at radius 1 is 1.21 bits per heavy atom. The van der Waals surface area contributed by atoms with E-state index in [4.69, 9.17) is 5.73 Å². The Kier molecular flexibility index (Phi) is 2.78. The molecule has 78 valence electrons. The predicted molar refractivity (Wildman–Crippen MR) is 57.9 cm³/mol. The molecule has 2 fully saturated rings. The van der Waals surface area contributed by atoms with Gasteiger partial charge in [0.1, 0.15) is 0 Å². The van der Waals surface area contributed by atoms with Crippen LogP contribution in [-0.4, -0.2) is 55.1 Å². The first-order valence-corrected chi connectivity index (χ1v) is 5.38. The molecule has 1 saturated heterocycles. The van der Waals surface area contributed by atoms with Crippen molar-refractivity contribution in [2.24, 2.45) is 5.73 Å². The third-order valence-corrected chi connectivity index (χ3v) is 3.02. The molecule has 3 heteroatoms. The third-order valence-electron chi connectivity index (χ3n) is 3.02. The smallest absolute Gasteiger partial charge is 0.0778 e. The van der Waals surface area contributed by atoms with Crippen molar-refractivity contribution < 1.29 is 0 Å². The molecule has 0 bridgehead atoms. The van der Waals surface area contributed by atoms with Crippen LogP contribution in [0.3, 0.4) is 0 Å². The number of hydrogen-bond acceptors (Lipinski definition) is 3. The summed E-state index contributed by atoms with van der Waals surface area (Å²) >= 11 is 0. The normalized spacial score (nSPS) is 26.7. The van der Waals surface area contributed by atoms with Gasteiger partial charge in [0, 0.05) is 26.2 Å². The fourth-order valence-corrected chi connectivity index (χ4v) is 1.59. The highest BCUT2D eigenvalue weighted by molar-refractivity contribution is 5.25. The van der Waals surface area contributed by atoms with E-state index in [1.165, 1.54) is 0 Å². The molecule has 3 nitrogen and oxygen atoms in total. The zero-order chi connectivity index (χ0) is 10.0. The van der Waals surface area contributed by atoms with Crippen molar-refractivity contribution in [3.8, 4) is 11.8 Å². The number of nitrogens with zero attached hydrogens (tertiary/aromatic N) is 2. The van der Waals surface area contributed by atoms with Crippen LogP contribution in [0, 0.1) is 11.8 Å². The molecule has 0 unspecified atom stereocenters. The third kappa shape index (κ3) is 2.71. The van der Waals surface area contributed by atoms with Gasteiger partial charge in [-0.1, -0.05) is 11.8 Å². The molecular formula is C11H19N3. The number of hydrogen-bond donors (Lipinski definition) is 1. The summed E-state index contributed by atoms with van der Waals surface area (Å²) in [5.74, 6) is 6.37. The Balaban J connectivity index is 1.72. The summed E-state index contributed by atoms with van der Waals surface area (Å²) in [6.45, 7) is 5.50. The number of piperazine rings is 1. The average Bonchev–Trinajstić information content (AvgIpc) is 2.88. The lowest BCUT2D eigenvalue weighted by molar-refractivity contribution is 0.168. The van der Waals surface area contributed by atoms with Crippen LogP contribution in [0.1, 0.15) is 12.8 Å². The van der Waals surface area contributed by atoms with Gasteiger partial charge in [0.05, 0.1) is 12.1 Å². The van der Waals surface area contributed by atoms with Gasteiger partial charge in [0.25, 0.3) is 0 Å². The van der Waals surface area contributed by atoms with Crippen molar-refractivity contribution in [2.75, 3.05) is 39.8 Å². The van der Waals surface area contributed by atoms with Crippen LogP contribution in [0.2, 0.25) is 0 Å². The molecule has 2 aliphatic rings. The van der Waals surface area contributed by atoms with Gasteiger partial charge in [-0.2, -0.15) is 0 Å². The highest BCUT2D eigenvalue weighted by atomic mass is 15.2. The molecule has 2 rings (SSSR count). The first-order chi connectivity index (χ1) is 6.68. The molecule has 0 atom stereocenters. The standard InChI is InChI=1S/C11H19N3/c1-13-7-9-14(10-8-13)6-2-3-11(12)4-5-11/h4-10,12H2,1H3. The maximum absolute atomic E-state index is 5.88. The quantitative estimate of drug-likeness (QED) is 0.582. The van der Waals surface area contributed by atoms with Gasteiger partial charge in [-0.25, -0.2) is 0 Å². The van der Waals surface area contributed by atoms with Crippen LogP contribution in [0.25, 0.3) is 0 Å². The van der Waals surface area contributed by atoms with E-state index in [1.54, 1.807) is 0 Å². The summed E-state index contributed by atoms with van der Waals surface area (Å²) in [6.07, 6.45) is 2.17. The minimum atomic E-state index is -0.105. The maximum Gasteiger partial charge on any atom is 0.0778 e. The second-order valence-corrected chi connectivity index (χ2v) is 4.54. The van der Waals surface area contributed by atoms with Crippen LogP contribution in [0.15, 0.2) is 0 Å². The second kappa shape index (κ2) is 3.90. The van der Waals surface area contributed by atoms with Crippen molar-refractivity contribution in [3.05, 3.63) is 0 Å². The summed E-state index contributed by atoms with van der Waals surface area (Å²) in [7, 11) is 2.17. The molecule has 2 N–H and O–H groups in total. The number of likely N-dealkylation sites (N-methyl/N-ethyl adjacent to an activating group) is 1. The van der Waals surface area contributed by atoms with Crippen molar-refractivity contribution in [1.82, 2.24) is 9.80 Å². The minimum Gasteiger partial charge on any atom is -0.315 e. The van der Waals surface area contributed by atoms with Gasteiger partial charge in [-0.3, -0.25) is 4.90 Å². The van der Waals surface area contributed by atoms with Crippen LogP contribution < -0.4 is 5.73 Å². The molecule has 0 spiro atoms. The number of nitrogens with two attached hydrogens (primary N) is 1. The topological polar surface area (TPSA) is 32.5 Å². The summed E-state index contributed by atoms with van der Waals surface area (Å²) < 4.78 is 0. The summed E-state index contributed by atoms with van der Waals surface area (Å²) in [6, 6.07) is 0. The van der Waals surface area contributed by atoms with E-state index < -0.39 is 0 Å². The Morgan fingerprint density at radius 2 is 1.86 bits per heavy atom. The highest BCUT2D eigenvalue weighted by Crippen LogP contribution is 2.30. The van der Waals surface area contributed by atoms with E-state index in [0.717, 1.165) is 45.6 Å². The Labute approximate surface area is 86.2 Å². The van der Waals surface area contributed by atoms with E-state index >= 15 is 0 Å². The molecular weight excluding hydrogens is 174 g/mol. The van der Waals surface area contributed by atoms with Crippen molar-refractivity contribution in [2.45, 2.75) is 18.4 Å². The minimum absolute atomic E-state index is 0.105. The van der Waals surface area contributed by atoms with Gasteiger partial charge in [0.15, 0.2) is 0 Å². The molecule has 1 saturated carbocycles. The zero-order valence-electron chi connectivity index (χ0n) is 8.92. The van der Waals surface area contributed by atoms with Gasteiger partial charge >= 0.3 is 0 Å². The summed E-state index contributed by atoms with van der Waals surface area (Å²) in [4.78, 5) is 4.76. The molecule has 0 aromatic rings. The first-order valence-electron chi connectivity index (χ1n) is 5.38. The van der Waals surface area contributed by atoms with Crippen LogP contribution in [0.5, 0.6) is 0 Å². The number of rotatable bonds is 1. The van der Waals surface area contributed by atoms with Gasteiger partial charge < -0.3 is 10.6 Å². The van der Waals surface area contributed by atoms with Gasteiger partial charge in [0.2, 0.25) is 0 Å². The largest absolute Gasteiger partial charge is 0.315 e. The summed E-state index contributed by atoms with van der Waals surface area (Å²) in [5.41, 5.74) is 5.78. The predicted octanol–water partition coefficient (Wildman–Crippen LogP) is -0.271. The average molecular weight is 193 g/mol. The maximum atomic E-state index is 5.88. The Morgan fingerprint density at radius 3 is 2.43 bits per heavy atom. The monoisotopic (exact) mass is 193 g/mol. The molecule has 14 heavy (non-hydrogen) atoms. The summed E-state index contributed by atoms with van der Waals surface area (Å²) in [5, 5.41) is 0. The van der Waals surface area contributed by atoms with Crippen LogP contribution in [-0.2, 0) is 0 Å². The molecule has 0 aromatic heterocycles. The second-order valence-electron chi connectivity index (χ2n) is 4.54. The van der Waals surface area contributed by atoms with E-state index in [1.807, 2.05) is 0 Å². The molecule has 1 heterocycles. The van der Waals surface area contributed by atoms with E-state index in [-0.39, 0.29) is 5.54 Å². The lowest BCUT2D eigenvalue weighted by Crippen LogP contribution is -2.44. The van der Waals surface area contributed by atoms with Crippen molar-refractivity contribution in [1.29, 1.82) is 0 Å². The van der Waals surface area contributed by atoms with Crippen molar-refractivity contribution >= 4 is 0 Å². The Hall–Kier alpha value is -0.560.